The number of nitrogens with one attached hydrogen (secondary N) is 1. The van der Waals surface area contributed by atoms with E-state index in [4.69, 9.17) is 9.47 Å². The van der Waals surface area contributed by atoms with Crippen molar-refractivity contribution in [2.75, 3.05) is 19.0 Å². The average Bonchev–Trinajstić information content (AvgIpc) is 2.49. The molecule has 21 heavy (non-hydrogen) atoms. The van der Waals surface area contributed by atoms with Gasteiger partial charge in [0.15, 0.2) is 0 Å². The molecule has 0 saturated carbocycles. The third kappa shape index (κ3) is 4.43. The first-order valence-electron chi connectivity index (χ1n) is 7.06. The molecule has 0 bridgehead atoms. The smallest absolute Gasteiger partial charge is 0.226 e. The highest BCUT2D eigenvalue weighted by Gasteiger charge is 2.07. The predicted molar refractivity (Wildman–Crippen MR) is 82.8 cm³/mol. The molecule has 0 unspecified atom stereocenters. The maximum atomic E-state index is 5.87. The lowest BCUT2D eigenvalue weighted by molar-refractivity contribution is 0.184. The van der Waals surface area contributed by atoms with Gasteiger partial charge >= 0.3 is 0 Å². The summed E-state index contributed by atoms with van der Waals surface area (Å²) in [5.41, 5.74) is 1.96. The molecule has 0 amide bonds. The van der Waals surface area contributed by atoms with Gasteiger partial charge < -0.3 is 14.8 Å². The molecule has 0 aliphatic rings. The van der Waals surface area contributed by atoms with Crippen LogP contribution in [0.2, 0.25) is 0 Å². The zero-order chi connectivity index (χ0) is 15.1. The lowest BCUT2D eigenvalue weighted by Gasteiger charge is -2.10. The molecule has 0 spiro atoms. The molecule has 1 aromatic heterocycles. The molecule has 0 saturated heterocycles. The van der Waals surface area contributed by atoms with Crippen molar-refractivity contribution in [3.05, 3.63) is 41.6 Å². The third-order valence-electron chi connectivity index (χ3n) is 2.88. The fraction of sp³-hybridized carbons (Fsp3) is 0.375. The van der Waals surface area contributed by atoms with Gasteiger partial charge in [-0.3, -0.25) is 0 Å². The minimum absolute atomic E-state index is 0.559. The van der Waals surface area contributed by atoms with Gasteiger partial charge in [0.1, 0.15) is 5.75 Å². The van der Waals surface area contributed by atoms with Crippen molar-refractivity contribution < 1.29 is 9.47 Å². The monoisotopic (exact) mass is 287 g/mol. The van der Waals surface area contributed by atoms with Gasteiger partial charge in [-0.15, -0.1) is 0 Å². The van der Waals surface area contributed by atoms with Crippen LogP contribution in [0.25, 0.3) is 0 Å². The molecule has 0 radical (unpaired) electrons. The first kappa shape index (κ1) is 15.3. The van der Waals surface area contributed by atoms with E-state index in [0.717, 1.165) is 29.8 Å². The van der Waals surface area contributed by atoms with Gasteiger partial charge in [-0.25, -0.2) is 4.98 Å². The lowest BCUT2D eigenvalue weighted by Crippen LogP contribution is -2.05. The van der Waals surface area contributed by atoms with Crippen LogP contribution in [0.4, 0.5) is 5.95 Å². The maximum absolute atomic E-state index is 5.87. The van der Waals surface area contributed by atoms with Crippen molar-refractivity contribution in [1.82, 2.24) is 9.97 Å². The number of aryl methyl sites for hydroxylation is 1. The van der Waals surface area contributed by atoms with Gasteiger partial charge in [0, 0.05) is 25.4 Å². The van der Waals surface area contributed by atoms with Crippen LogP contribution in [0.15, 0.2) is 30.5 Å². The normalized spacial score (nSPS) is 10.4. The molecule has 1 aromatic carbocycles. The van der Waals surface area contributed by atoms with E-state index in [9.17, 15) is 0 Å². The summed E-state index contributed by atoms with van der Waals surface area (Å²) in [6.07, 6.45) is 2.78. The topological polar surface area (TPSA) is 56.3 Å². The Balaban J connectivity index is 2.16. The van der Waals surface area contributed by atoms with Gasteiger partial charge in [0.25, 0.3) is 0 Å². The second kappa shape index (κ2) is 7.59. The molecule has 0 fully saturated rings. The maximum Gasteiger partial charge on any atom is 0.226 e. The van der Waals surface area contributed by atoms with Crippen LogP contribution < -0.4 is 10.1 Å². The van der Waals surface area contributed by atoms with Gasteiger partial charge in [-0.05, 0) is 31.0 Å². The van der Waals surface area contributed by atoms with Crippen molar-refractivity contribution in [3.63, 3.8) is 0 Å². The number of anilines is 1. The summed E-state index contributed by atoms with van der Waals surface area (Å²) in [6, 6.07) is 7.79. The molecule has 1 heterocycles. The minimum Gasteiger partial charge on any atom is -0.439 e. The van der Waals surface area contributed by atoms with Crippen LogP contribution >= 0.6 is 0 Å². The Labute approximate surface area is 125 Å². The number of methoxy groups -OCH3 is 1. The summed E-state index contributed by atoms with van der Waals surface area (Å²) in [7, 11) is 1.67. The van der Waals surface area contributed by atoms with Crippen molar-refractivity contribution in [3.8, 4) is 11.6 Å². The lowest BCUT2D eigenvalue weighted by atomic mass is 10.2. The first-order chi connectivity index (χ1) is 10.2. The van der Waals surface area contributed by atoms with E-state index in [1.165, 1.54) is 0 Å². The fourth-order valence-electron chi connectivity index (χ4n) is 1.83. The highest BCUT2D eigenvalue weighted by atomic mass is 16.5. The summed E-state index contributed by atoms with van der Waals surface area (Å²) in [5.74, 6) is 1.90. The van der Waals surface area contributed by atoms with Crippen LogP contribution in [0.5, 0.6) is 11.6 Å². The molecule has 0 aliphatic carbocycles. The van der Waals surface area contributed by atoms with Gasteiger partial charge in [0.2, 0.25) is 11.8 Å². The molecule has 2 aromatic rings. The summed E-state index contributed by atoms with van der Waals surface area (Å²) < 4.78 is 11.0. The molecular formula is C16H21N3O2. The second-order valence-corrected chi connectivity index (χ2v) is 4.79. The Kier molecular flexibility index (Phi) is 5.51. The Morgan fingerprint density at radius 3 is 2.90 bits per heavy atom. The zero-order valence-electron chi connectivity index (χ0n) is 12.7. The molecule has 0 atom stereocenters. The van der Waals surface area contributed by atoms with Crippen LogP contribution in [-0.4, -0.2) is 23.6 Å². The molecule has 112 valence electrons. The fourth-order valence-corrected chi connectivity index (χ4v) is 1.83. The van der Waals surface area contributed by atoms with Crippen LogP contribution in [-0.2, 0) is 11.3 Å². The number of nitrogens with zero attached hydrogens (tertiary/aromatic N) is 2. The van der Waals surface area contributed by atoms with Gasteiger partial charge in [-0.2, -0.15) is 4.98 Å². The van der Waals surface area contributed by atoms with Crippen molar-refractivity contribution in [2.45, 2.75) is 26.9 Å². The molecule has 5 nitrogen and oxygen atoms in total. The number of rotatable bonds is 7. The van der Waals surface area contributed by atoms with Crippen molar-refractivity contribution in [1.29, 1.82) is 0 Å². The molecule has 5 heteroatoms. The first-order valence-corrected chi connectivity index (χ1v) is 7.06. The van der Waals surface area contributed by atoms with Gasteiger partial charge in [-0.1, -0.05) is 19.1 Å². The van der Waals surface area contributed by atoms with E-state index >= 15 is 0 Å². The summed E-state index contributed by atoms with van der Waals surface area (Å²) in [6.45, 7) is 5.42. The largest absolute Gasteiger partial charge is 0.439 e. The van der Waals surface area contributed by atoms with Crippen molar-refractivity contribution >= 4 is 5.95 Å². The number of ether oxygens (including phenoxy) is 2. The van der Waals surface area contributed by atoms with E-state index in [-0.39, 0.29) is 0 Å². The van der Waals surface area contributed by atoms with E-state index in [2.05, 4.69) is 22.2 Å². The molecule has 2 rings (SSSR count). The standard InChI is InChI=1S/C16H21N3O2/c1-4-8-17-16-18-10-12(2)15(19-16)21-14-7-5-6-13(9-14)11-20-3/h5-7,9-10H,4,8,11H2,1-3H3,(H,17,18,19). The number of aromatic nitrogens is 2. The Morgan fingerprint density at radius 2 is 2.14 bits per heavy atom. The summed E-state index contributed by atoms with van der Waals surface area (Å²) in [4.78, 5) is 8.65. The Bertz CT molecular complexity index is 587. The average molecular weight is 287 g/mol. The number of benzene rings is 1. The van der Waals surface area contributed by atoms with Crippen LogP contribution in [0.3, 0.4) is 0 Å². The Hall–Kier alpha value is -2.14. The summed E-state index contributed by atoms with van der Waals surface area (Å²) >= 11 is 0. The minimum atomic E-state index is 0.559. The number of hydrogen-bond acceptors (Lipinski definition) is 5. The SMILES string of the molecule is CCCNc1ncc(C)c(Oc2cccc(COC)c2)n1. The van der Waals surface area contributed by atoms with E-state index in [0.29, 0.717) is 18.4 Å². The highest BCUT2D eigenvalue weighted by Crippen LogP contribution is 2.24. The predicted octanol–water partition coefficient (Wildman–Crippen LogP) is 3.55. The van der Waals surface area contributed by atoms with E-state index in [1.807, 2.05) is 31.2 Å². The van der Waals surface area contributed by atoms with E-state index in [1.54, 1.807) is 13.3 Å². The second-order valence-electron chi connectivity index (χ2n) is 4.79. The molecular weight excluding hydrogens is 266 g/mol. The van der Waals surface area contributed by atoms with Gasteiger partial charge in [0.05, 0.1) is 6.61 Å². The Morgan fingerprint density at radius 1 is 1.29 bits per heavy atom. The van der Waals surface area contributed by atoms with Crippen LogP contribution in [0.1, 0.15) is 24.5 Å². The summed E-state index contributed by atoms with van der Waals surface area (Å²) in [5, 5.41) is 3.16. The van der Waals surface area contributed by atoms with Crippen molar-refractivity contribution in [2.24, 2.45) is 0 Å². The number of hydrogen-bond donors (Lipinski definition) is 1. The quantitative estimate of drug-likeness (QED) is 0.844. The molecule has 0 aliphatic heterocycles. The zero-order valence-corrected chi connectivity index (χ0v) is 12.7. The molecule has 1 N–H and O–H groups in total. The van der Waals surface area contributed by atoms with E-state index < -0.39 is 0 Å². The highest BCUT2D eigenvalue weighted by molar-refractivity contribution is 5.37. The third-order valence-corrected chi connectivity index (χ3v) is 2.88. The van der Waals surface area contributed by atoms with Crippen LogP contribution in [0, 0.1) is 6.92 Å².